The van der Waals surface area contributed by atoms with Gasteiger partial charge in [-0.1, -0.05) is 23.9 Å². The third-order valence-electron chi connectivity index (χ3n) is 6.54. The summed E-state index contributed by atoms with van der Waals surface area (Å²) in [6, 6.07) is 4.94. The Hall–Kier alpha value is -3.02. The standard InChI is InChI=1S/C28H38N4O6S/c1-18-23(26(34)38-28(2,3)4)24(20-8-7-9-21(35-5)25(20)36-6)32-19(17-39-27(32)30-18)16-22(33)29-10-11-31-12-14-37-15-13-31/h7-9,17,24H,10-16H2,1-6H3,(H,29,33)/t24-/m0/s1. The summed E-state index contributed by atoms with van der Waals surface area (Å²) in [7, 11) is 3.14. The molecule has 1 N–H and O–H groups in total. The van der Waals surface area contributed by atoms with E-state index in [0.717, 1.165) is 38.5 Å². The van der Waals surface area contributed by atoms with Gasteiger partial charge in [0, 0.05) is 37.4 Å². The lowest BCUT2D eigenvalue weighted by molar-refractivity contribution is -0.150. The maximum absolute atomic E-state index is 13.6. The van der Waals surface area contributed by atoms with Gasteiger partial charge in [0.2, 0.25) is 5.91 Å². The maximum Gasteiger partial charge on any atom is 0.338 e. The Balaban J connectivity index is 1.63. The van der Waals surface area contributed by atoms with Gasteiger partial charge in [-0.2, -0.15) is 0 Å². The van der Waals surface area contributed by atoms with Gasteiger partial charge in [0.25, 0.3) is 0 Å². The van der Waals surface area contributed by atoms with Gasteiger partial charge >= 0.3 is 5.97 Å². The van der Waals surface area contributed by atoms with E-state index in [1.54, 1.807) is 27.2 Å². The van der Waals surface area contributed by atoms with E-state index in [1.807, 2.05) is 43.2 Å². The van der Waals surface area contributed by atoms with Crippen LogP contribution in [0.1, 0.15) is 45.7 Å². The number of thioether (sulfide) groups is 1. The number of rotatable bonds is 9. The molecule has 1 aromatic rings. The second-order valence-corrected chi connectivity index (χ2v) is 11.3. The molecular formula is C28H38N4O6S. The lowest BCUT2D eigenvalue weighted by atomic mass is 9.92. The number of hydrogen-bond donors (Lipinski definition) is 1. The Kier molecular flexibility index (Phi) is 9.24. The highest BCUT2D eigenvalue weighted by Crippen LogP contribution is 2.48. The lowest BCUT2D eigenvalue weighted by Gasteiger charge is -2.37. The minimum Gasteiger partial charge on any atom is -0.493 e. The number of carbonyl (C=O) groups excluding carboxylic acids is 2. The van der Waals surface area contributed by atoms with E-state index in [1.165, 1.54) is 11.8 Å². The molecule has 39 heavy (non-hydrogen) atoms. The van der Waals surface area contributed by atoms with E-state index in [2.05, 4.69) is 10.2 Å². The van der Waals surface area contributed by atoms with Gasteiger partial charge < -0.3 is 29.2 Å². The smallest absolute Gasteiger partial charge is 0.338 e. The van der Waals surface area contributed by atoms with Crippen LogP contribution in [0.15, 0.2) is 45.6 Å². The molecule has 212 valence electrons. The van der Waals surface area contributed by atoms with Gasteiger partial charge in [-0.25, -0.2) is 9.79 Å². The Bertz CT molecular complexity index is 1180. The molecule has 0 aliphatic carbocycles. The first-order valence-corrected chi connectivity index (χ1v) is 14.0. The number of hydrogen-bond acceptors (Lipinski definition) is 10. The summed E-state index contributed by atoms with van der Waals surface area (Å²) in [5.74, 6) is 0.478. The van der Waals surface area contributed by atoms with E-state index < -0.39 is 17.6 Å². The van der Waals surface area contributed by atoms with E-state index in [4.69, 9.17) is 23.9 Å². The molecule has 3 heterocycles. The van der Waals surface area contributed by atoms with Gasteiger partial charge in [0.15, 0.2) is 16.7 Å². The van der Waals surface area contributed by atoms with Crippen LogP contribution < -0.4 is 14.8 Å². The van der Waals surface area contributed by atoms with Crippen molar-refractivity contribution in [2.75, 3.05) is 53.6 Å². The van der Waals surface area contributed by atoms with E-state index in [9.17, 15) is 9.59 Å². The maximum atomic E-state index is 13.6. The number of nitrogens with one attached hydrogen (secondary N) is 1. The molecule has 0 unspecified atom stereocenters. The minimum atomic E-state index is -0.698. The molecule has 0 spiro atoms. The zero-order valence-electron chi connectivity index (χ0n) is 23.5. The number of para-hydroxylation sites is 1. The highest BCUT2D eigenvalue weighted by Gasteiger charge is 2.43. The first-order chi connectivity index (χ1) is 18.6. The number of carbonyl (C=O) groups is 2. The fourth-order valence-electron chi connectivity index (χ4n) is 4.79. The highest BCUT2D eigenvalue weighted by atomic mass is 32.2. The Morgan fingerprint density at radius 2 is 1.92 bits per heavy atom. The van der Waals surface area contributed by atoms with Crippen molar-refractivity contribution in [3.8, 4) is 11.5 Å². The number of amidine groups is 1. The normalized spacial score (nSPS) is 19.7. The van der Waals surface area contributed by atoms with Crippen LogP contribution in [0.5, 0.6) is 11.5 Å². The minimum absolute atomic E-state index is 0.0993. The van der Waals surface area contributed by atoms with Gasteiger partial charge in [-0.3, -0.25) is 9.69 Å². The lowest BCUT2D eigenvalue weighted by Crippen LogP contribution is -2.42. The van der Waals surface area contributed by atoms with Crippen LogP contribution >= 0.6 is 11.8 Å². The summed E-state index contributed by atoms with van der Waals surface area (Å²) >= 11 is 1.43. The molecule has 0 aromatic heterocycles. The topological polar surface area (TPSA) is 102 Å². The zero-order chi connectivity index (χ0) is 28.2. The Morgan fingerprint density at radius 3 is 2.59 bits per heavy atom. The third kappa shape index (κ3) is 6.77. The summed E-state index contributed by atoms with van der Waals surface area (Å²) in [6.07, 6.45) is 0.137. The van der Waals surface area contributed by atoms with Crippen LogP contribution in [0.4, 0.5) is 0 Å². The number of amides is 1. The molecule has 1 saturated heterocycles. The van der Waals surface area contributed by atoms with Crippen molar-refractivity contribution in [1.82, 2.24) is 15.1 Å². The third-order valence-corrected chi connectivity index (χ3v) is 7.43. The van der Waals surface area contributed by atoms with Crippen molar-refractivity contribution < 1.29 is 28.5 Å². The molecule has 3 aliphatic rings. The molecule has 1 atom stereocenters. The number of esters is 1. The van der Waals surface area contributed by atoms with Crippen LogP contribution in [0.25, 0.3) is 0 Å². The fourth-order valence-corrected chi connectivity index (χ4v) is 5.75. The second-order valence-electron chi connectivity index (χ2n) is 10.5. The average Bonchev–Trinajstić information content (AvgIpc) is 3.28. The molecule has 0 radical (unpaired) electrons. The molecule has 1 aromatic carbocycles. The number of fused-ring (bicyclic) bond motifs is 1. The molecule has 3 aliphatic heterocycles. The molecule has 0 bridgehead atoms. The van der Waals surface area contributed by atoms with Crippen molar-refractivity contribution in [1.29, 1.82) is 0 Å². The molecular weight excluding hydrogens is 520 g/mol. The predicted molar refractivity (Wildman–Crippen MR) is 151 cm³/mol. The first kappa shape index (κ1) is 29.0. The monoisotopic (exact) mass is 558 g/mol. The summed E-state index contributed by atoms with van der Waals surface area (Å²) in [5, 5.41) is 5.64. The first-order valence-electron chi connectivity index (χ1n) is 13.1. The second kappa shape index (κ2) is 12.4. The van der Waals surface area contributed by atoms with Crippen LogP contribution in [0.2, 0.25) is 0 Å². The van der Waals surface area contributed by atoms with E-state index >= 15 is 0 Å². The fraction of sp³-hybridized carbons (Fsp3) is 0.536. The van der Waals surface area contributed by atoms with Crippen LogP contribution in [-0.4, -0.2) is 86.1 Å². The van der Waals surface area contributed by atoms with E-state index in [-0.39, 0.29) is 12.3 Å². The van der Waals surface area contributed by atoms with Crippen molar-refractivity contribution in [2.45, 2.75) is 45.8 Å². The SMILES string of the molecule is COc1cccc([C@H]2C(C(=O)OC(C)(C)C)=C(C)N=C3SC=C(CC(=O)NCCN4CCOCC4)N32)c1OC. The van der Waals surface area contributed by atoms with Crippen LogP contribution in [0, 0.1) is 0 Å². The molecule has 11 heteroatoms. The summed E-state index contributed by atoms with van der Waals surface area (Å²) < 4.78 is 22.6. The van der Waals surface area contributed by atoms with Crippen molar-refractivity contribution >= 4 is 28.8 Å². The van der Waals surface area contributed by atoms with E-state index in [0.29, 0.717) is 40.0 Å². The Labute approximate surface area is 234 Å². The molecule has 1 fully saturated rings. The van der Waals surface area contributed by atoms with Gasteiger partial charge in [-0.05, 0) is 39.2 Å². The zero-order valence-corrected chi connectivity index (χ0v) is 24.4. The summed E-state index contributed by atoms with van der Waals surface area (Å²) in [6.45, 7) is 11.8. The Morgan fingerprint density at radius 1 is 1.18 bits per heavy atom. The van der Waals surface area contributed by atoms with Gasteiger partial charge in [0.05, 0.1) is 51.2 Å². The summed E-state index contributed by atoms with van der Waals surface area (Å²) in [5.41, 5.74) is 1.70. The number of methoxy groups -OCH3 is 2. The molecule has 4 rings (SSSR count). The van der Waals surface area contributed by atoms with Crippen molar-refractivity contribution in [3.05, 3.63) is 46.1 Å². The van der Waals surface area contributed by atoms with Crippen LogP contribution in [-0.2, 0) is 19.1 Å². The molecule has 10 nitrogen and oxygen atoms in total. The number of benzene rings is 1. The largest absolute Gasteiger partial charge is 0.493 e. The number of aliphatic imine (C=N–C) groups is 1. The predicted octanol–water partition coefficient (Wildman–Crippen LogP) is 3.46. The van der Waals surface area contributed by atoms with Gasteiger partial charge in [0.1, 0.15) is 5.60 Å². The number of morpholine rings is 1. The van der Waals surface area contributed by atoms with Crippen molar-refractivity contribution in [2.24, 2.45) is 4.99 Å². The molecule has 1 amide bonds. The van der Waals surface area contributed by atoms with Crippen molar-refractivity contribution in [3.63, 3.8) is 0 Å². The highest BCUT2D eigenvalue weighted by molar-refractivity contribution is 8.16. The number of ether oxygens (including phenoxy) is 4. The average molecular weight is 559 g/mol. The summed E-state index contributed by atoms with van der Waals surface area (Å²) in [4.78, 5) is 35.6. The quantitative estimate of drug-likeness (QED) is 0.457. The molecule has 0 saturated carbocycles. The van der Waals surface area contributed by atoms with Gasteiger partial charge in [-0.15, -0.1) is 0 Å². The number of allylic oxidation sites excluding steroid dienone is 1. The number of nitrogens with zero attached hydrogens (tertiary/aromatic N) is 3. The van der Waals surface area contributed by atoms with Crippen LogP contribution in [0.3, 0.4) is 0 Å².